The quantitative estimate of drug-likeness (QED) is 0.452. The number of nitrogens with one attached hydrogen (secondary N) is 2. The van der Waals surface area contributed by atoms with Crippen LogP contribution in [0.5, 0.6) is 0 Å². The Morgan fingerprint density at radius 1 is 1.34 bits per heavy atom. The summed E-state index contributed by atoms with van der Waals surface area (Å²) >= 11 is 0. The smallest absolute Gasteiger partial charge is 0.291 e. The lowest BCUT2D eigenvalue weighted by Crippen LogP contribution is -2.33. The lowest BCUT2D eigenvalue weighted by molar-refractivity contribution is -0.0226. The zero-order chi connectivity index (χ0) is 22.1. The number of hydrogen-bond donors (Lipinski definition) is 2. The minimum atomic E-state index is -0.519. The van der Waals surface area contributed by atoms with E-state index in [0.29, 0.717) is 18.1 Å². The Labute approximate surface area is 182 Å². The SMILES string of the molecule is CCO[C@H]1C[C@@H](n2cc(NC(=O)c3ccc(-c4cn[nH]c4)o3)c(-c3ncccc3F)n2)C1. The molecule has 2 N–H and O–H groups in total. The number of carbonyl (C=O) groups is 1. The maximum absolute atomic E-state index is 14.5. The molecule has 10 heteroatoms. The van der Waals surface area contributed by atoms with Gasteiger partial charge in [-0.05, 0) is 44.0 Å². The van der Waals surface area contributed by atoms with E-state index in [2.05, 4.69) is 25.6 Å². The summed E-state index contributed by atoms with van der Waals surface area (Å²) in [7, 11) is 0. The van der Waals surface area contributed by atoms with Gasteiger partial charge in [0.05, 0.1) is 29.6 Å². The van der Waals surface area contributed by atoms with Gasteiger partial charge in [0, 0.05) is 25.2 Å². The van der Waals surface area contributed by atoms with Crippen LogP contribution in [-0.2, 0) is 4.74 Å². The number of aromatic nitrogens is 5. The Hall–Kier alpha value is -3.79. The third-order valence-electron chi connectivity index (χ3n) is 5.42. The van der Waals surface area contributed by atoms with Crippen molar-refractivity contribution in [2.75, 3.05) is 11.9 Å². The number of hydrogen-bond acceptors (Lipinski definition) is 6. The predicted octanol–water partition coefficient (Wildman–Crippen LogP) is 4.06. The number of aromatic amines is 1. The highest BCUT2D eigenvalue weighted by Gasteiger charge is 2.33. The molecule has 1 fully saturated rings. The third-order valence-corrected chi connectivity index (χ3v) is 5.42. The summed E-state index contributed by atoms with van der Waals surface area (Å²) in [5.74, 6) is -0.375. The van der Waals surface area contributed by atoms with Crippen molar-refractivity contribution in [2.24, 2.45) is 0 Å². The van der Waals surface area contributed by atoms with E-state index in [1.807, 2.05) is 6.92 Å². The average molecular weight is 436 g/mol. The van der Waals surface area contributed by atoms with E-state index >= 15 is 0 Å². The minimum Gasteiger partial charge on any atom is -0.451 e. The molecule has 1 saturated carbocycles. The Balaban J connectivity index is 1.42. The Bertz CT molecular complexity index is 1230. The van der Waals surface area contributed by atoms with Gasteiger partial charge in [0.2, 0.25) is 0 Å². The van der Waals surface area contributed by atoms with Crippen molar-refractivity contribution in [3.05, 3.63) is 60.6 Å². The van der Waals surface area contributed by atoms with Gasteiger partial charge in [0.15, 0.2) is 11.6 Å². The number of H-pyrrole nitrogens is 1. The van der Waals surface area contributed by atoms with Crippen LogP contribution in [0.15, 0.2) is 53.5 Å². The van der Waals surface area contributed by atoms with E-state index in [9.17, 15) is 9.18 Å². The number of ether oxygens (including phenoxy) is 1. The molecule has 164 valence electrons. The van der Waals surface area contributed by atoms with Crippen LogP contribution >= 0.6 is 0 Å². The lowest BCUT2D eigenvalue weighted by Gasteiger charge is -2.34. The standard InChI is InChI=1S/C22H21FN6O3/c1-2-31-15-8-14(9-15)29-12-17(21(28-29)20-16(23)4-3-7-24-20)27-22(30)19-6-5-18(32-19)13-10-25-26-11-13/h3-7,10-12,14-15H,2,8-9H2,1H3,(H,25,26)(H,27,30)/t14-,15+. The van der Waals surface area contributed by atoms with Gasteiger partial charge in [-0.1, -0.05) is 0 Å². The van der Waals surface area contributed by atoms with Crippen molar-refractivity contribution < 1.29 is 18.3 Å². The van der Waals surface area contributed by atoms with Crippen molar-refractivity contribution >= 4 is 11.6 Å². The van der Waals surface area contributed by atoms with Crippen LogP contribution in [0.2, 0.25) is 0 Å². The normalized spacial score (nSPS) is 17.8. The van der Waals surface area contributed by atoms with Gasteiger partial charge in [-0.25, -0.2) is 4.39 Å². The number of rotatable bonds is 7. The zero-order valence-electron chi connectivity index (χ0n) is 17.3. The highest BCUT2D eigenvalue weighted by Crippen LogP contribution is 2.37. The molecule has 0 spiro atoms. The fourth-order valence-corrected chi connectivity index (χ4v) is 3.72. The van der Waals surface area contributed by atoms with Gasteiger partial charge >= 0.3 is 0 Å². The van der Waals surface area contributed by atoms with Crippen LogP contribution < -0.4 is 5.32 Å². The van der Waals surface area contributed by atoms with Crippen LogP contribution in [0.4, 0.5) is 10.1 Å². The van der Waals surface area contributed by atoms with Crippen LogP contribution in [0.3, 0.4) is 0 Å². The van der Waals surface area contributed by atoms with Crippen LogP contribution in [0, 0.1) is 5.82 Å². The van der Waals surface area contributed by atoms with Crippen molar-refractivity contribution in [2.45, 2.75) is 31.9 Å². The number of pyridine rings is 1. The molecule has 4 aromatic heterocycles. The number of amides is 1. The first-order valence-electron chi connectivity index (χ1n) is 10.3. The second-order valence-corrected chi connectivity index (χ2v) is 7.51. The first kappa shape index (κ1) is 20.1. The molecule has 0 saturated heterocycles. The lowest BCUT2D eigenvalue weighted by atomic mass is 9.89. The fraction of sp³-hybridized carbons (Fsp3) is 0.273. The van der Waals surface area contributed by atoms with Gasteiger partial charge in [0.25, 0.3) is 5.91 Å². The Kier molecular flexibility index (Phi) is 5.28. The molecule has 1 aliphatic rings. The molecule has 0 aliphatic heterocycles. The summed E-state index contributed by atoms with van der Waals surface area (Å²) in [6, 6.07) is 6.18. The maximum Gasteiger partial charge on any atom is 0.291 e. The predicted molar refractivity (Wildman–Crippen MR) is 113 cm³/mol. The van der Waals surface area contributed by atoms with Crippen molar-refractivity contribution in [3.8, 4) is 22.7 Å². The molecule has 0 aromatic carbocycles. The molecule has 0 unspecified atom stereocenters. The molecule has 5 rings (SSSR count). The van der Waals surface area contributed by atoms with Crippen molar-refractivity contribution in [1.82, 2.24) is 25.0 Å². The largest absolute Gasteiger partial charge is 0.451 e. The molecule has 32 heavy (non-hydrogen) atoms. The number of nitrogens with zero attached hydrogens (tertiary/aromatic N) is 4. The molecular weight excluding hydrogens is 415 g/mol. The van der Waals surface area contributed by atoms with Crippen molar-refractivity contribution in [1.29, 1.82) is 0 Å². The highest BCUT2D eigenvalue weighted by atomic mass is 19.1. The molecule has 0 radical (unpaired) electrons. The van der Waals surface area contributed by atoms with Gasteiger partial charge in [-0.3, -0.25) is 19.6 Å². The van der Waals surface area contributed by atoms with Gasteiger partial charge in [0.1, 0.15) is 17.1 Å². The number of halogens is 1. The fourth-order valence-electron chi connectivity index (χ4n) is 3.72. The Morgan fingerprint density at radius 3 is 2.97 bits per heavy atom. The van der Waals surface area contributed by atoms with Crippen LogP contribution in [0.1, 0.15) is 36.4 Å². The number of furan rings is 1. The summed E-state index contributed by atoms with van der Waals surface area (Å²) < 4.78 is 27.5. The summed E-state index contributed by atoms with van der Waals surface area (Å²) in [5, 5.41) is 13.9. The van der Waals surface area contributed by atoms with Crippen molar-refractivity contribution in [3.63, 3.8) is 0 Å². The second-order valence-electron chi connectivity index (χ2n) is 7.51. The molecule has 4 heterocycles. The first-order chi connectivity index (χ1) is 15.6. The van der Waals surface area contributed by atoms with Crippen LogP contribution in [-0.4, -0.2) is 43.6 Å². The average Bonchev–Trinajstić information content (AvgIpc) is 3.51. The van der Waals surface area contributed by atoms with Crippen LogP contribution in [0.25, 0.3) is 22.7 Å². The highest BCUT2D eigenvalue weighted by molar-refractivity contribution is 6.04. The maximum atomic E-state index is 14.5. The summed E-state index contributed by atoms with van der Waals surface area (Å²) in [6.07, 6.45) is 8.25. The zero-order valence-corrected chi connectivity index (χ0v) is 17.3. The van der Waals surface area contributed by atoms with E-state index in [4.69, 9.17) is 9.15 Å². The first-order valence-corrected chi connectivity index (χ1v) is 10.3. The summed E-state index contributed by atoms with van der Waals surface area (Å²) in [5.41, 5.74) is 1.41. The van der Waals surface area contributed by atoms with Gasteiger partial charge < -0.3 is 14.5 Å². The molecular formula is C22H21FN6O3. The van der Waals surface area contributed by atoms with E-state index in [1.54, 1.807) is 35.4 Å². The third kappa shape index (κ3) is 3.80. The van der Waals surface area contributed by atoms with Gasteiger partial charge in [-0.15, -0.1) is 0 Å². The monoisotopic (exact) mass is 436 g/mol. The summed E-state index contributed by atoms with van der Waals surface area (Å²) in [6.45, 7) is 2.62. The van der Waals surface area contributed by atoms with E-state index in [1.165, 1.54) is 18.3 Å². The van der Waals surface area contributed by atoms with Gasteiger partial charge in [-0.2, -0.15) is 10.2 Å². The molecule has 4 aromatic rings. The molecule has 1 amide bonds. The Morgan fingerprint density at radius 2 is 2.22 bits per heavy atom. The van der Waals surface area contributed by atoms with E-state index < -0.39 is 11.7 Å². The van der Waals surface area contributed by atoms with E-state index in [-0.39, 0.29) is 29.3 Å². The number of anilines is 1. The van der Waals surface area contributed by atoms with E-state index in [0.717, 1.165) is 18.4 Å². The second kappa shape index (κ2) is 8.39. The number of carbonyl (C=O) groups excluding carboxylic acids is 1. The molecule has 1 aliphatic carbocycles. The topological polar surface area (TPSA) is 111 Å². The summed E-state index contributed by atoms with van der Waals surface area (Å²) in [4.78, 5) is 17.0. The molecule has 0 atom stereocenters. The molecule has 0 bridgehead atoms. The minimum absolute atomic E-state index is 0.0702. The molecule has 9 nitrogen and oxygen atoms in total.